The Morgan fingerprint density at radius 1 is 1.21 bits per heavy atom. The van der Waals surface area contributed by atoms with Crippen molar-refractivity contribution in [3.63, 3.8) is 0 Å². The molecule has 1 unspecified atom stereocenters. The number of carbonyl (C=O) groups excluding carboxylic acids is 2. The van der Waals surface area contributed by atoms with E-state index in [-0.39, 0.29) is 17.7 Å². The molecule has 0 saturated heterocycles. The largest absolute Gasteiger partial charge is 0.350 e. The van der Waals surface area contributed by atoms with Crippen LogP contribution in [-0.2, 0) is 16.1 Å². The molecular formula is C14H19ClN2O2. The second kappa shape index (κ2) is 7.14. The monoisotopic (exact) mass is 282 g/mol. The number of hydrogen-bond acceptors (Lipinski definition) is 2. The van der Waals surface area contributed by atoms with Crippen LogP contribution in [0.5, 0.6) is 0 Å². The smallest absolute Gasteiger partial charge is 0.243 e. The van der Waals surface area contributed by atoms with Crippen molar-refractivity contribution in [1.82, 2.24) is 10.6 Å². The maximum absolute atomic E-state index is 12.0. The molecule has 1 aromatic carbocycles. The highest BCUT2D eigenvalue weighted by atomic mass is 35.5. The van der Waals surface area contributed by atoms with Crippen LogP contribution in [-0.4, -0.2) is 17.9 Å². The van der Waals surface area contributed by atoms with Crippen molar-refractivity contribution in [3.8, 4) is 0 Å². The number of amides is 2. The number of hydrogen-bond donors (Lipinski definition) is 2. The molecule has 0 aliphatic rings. The molecule has 0 radical (unpaired) electrons. The summed E-state index contributed by atoms with van der Waals surface area (Å²) < 4.78 is 0. The normalized spacial score (nSPS) is 12.1. The molecule has 0 bridgehead atoms. The average molecular weight is 283 g/mol. The molecule has 4 nitrogen and oxygen atoms in total. The third-order valence-corrected chi connectivity index (χ3v) is 2.94. The molecule has 2 N–H and O–H groups in total. The first-order valence-electron chi connectivity index (χ1n) is 6.19. The first kappa shape index (κ1) is 15.5. The first-order valence-corrected chi connectivity index (χ1v) is 6.57. The van der Waals surface area contributed by atoms with Gasteiger partial charge in [0, 0.05) is 18.5 Å². The van der Waals surface area contributed by atoms with Gasteiger partial charge in [-0.15, -0.1) is 0 Å². The highest BCUT2D eigenvalue weighted by Gasteiger charge is 2.22. The van der Waals surface area contributed by atoms with E-state index in [0.717, 1.165) is 5.56 Å². The zero-order valence-corrected chi connectivity index (χ0v) is 12.1. The van der Waals surface area contributed by atoms with Crippen LogP contribution in [0.2, 0.25) is 5.02 Å². The summed E-state index contributed by atoms with van der Waals surface area (Å²) in [5, 5.41) is 6.12. The van der Waals surface area contributed by atoms with Gasteiger partial charge in [0.15, 0.2) is 0 Å². The third-order valence-electron chi connectivity index (χ3n) is 2.69. The summed E-state index contributed by atoms with van der Waals surface area (Å²) in [5.74, 6) is -0.352. The van der Waals surface area contributed by atoms with Gasteiger partial charge in [0.1, 0.15) is 6.04 Å². The van der Waals surface area contributed by atoms with E-state index >= 15 is 0 Å². The molecule has 2 amide bonds. The Morgan fingerprint density at radius 3 is 2.26 bits per heavy atom. The standard InChI is InChI=1S/C14H19ClN2O2/c1-9(2)13(17-10(3)18)14(19)16-8-11-4-6-12(15)7-5-11/h4-7,9,13H,8H2,1-3H3,(H,16,19)(H,17,18). The molecule has 1 rings (SSSR count). The van der Waals surface area contributed by atoms with Crippen LogP contribution in [0, 0.1) is 5.92 Å². The van der Waals surface area contributed by atoms with Crippen molar-refractivity contribution < 1.29 is 9.59 Å². The molecule has 0 spiro atoms. The highest BCUT2D eigenvalue weighted by molar-refractivity contribution is 6.30. The minimum absolute atomic E-state index is 0.0362. The number of carbonyl (C=O) groups is 2. The number of nitrogens with one attached hydrogen (secondary N) is 2. The van der Waals surface area contributed by atoms with E-state index < -0.39 is 6.04 Å². The zero-order valence-electron chi connectivity index (χ0n) is 11.4. The predicted octanol–water partition coefficient (Wildman–Crippen LogP) is 2.12. The quantitative estimate of drug-likeness (QED) is 0.869. The second-order valence-electron chi connectivity index (χ2n) is 4.77. The molecule has 0 heterocycles. The molecule has 0 aliphatic carbocycles. The summed E-state index contributed by atoms with van der Waals surface area (Å²) in [6.45, 7) is 5.60. The summed E-state index contributed by atoms with van der Waals surface area (Å²) in [6.07, 6.45) is 0. The fraction of sp³-hybridized carbons (Fsp3) is 0.429. The van der Waals surface area contributed by atoms with Gasteiger partial charge in [-0.05, 0) is 23.6 Å². The summed E-state index contributed by atoms with van der Waals surface area (Å²) in [5.41, 5.74) is 0.961. The van der Waals surface area contributed by atoms with Crippen molar-refractivity contribution >= 4 is 23.4 Å². The zero-order chi connectivity index (χ0) is 14.4. The fourth-order valence-electron chi connectivity index (χ4n) is 1.66. The number of benzene rings is 1. The van der Waals surface area contributed by atoms with Crippen LogP contribution in [0.25, 0.3) is 0 Å². The Hall–Kier alpha value is -1.55. The minimum Gasteiger partial charge on any atom is -0.350 e. The van der Waals surface area contributed by atoms with Crippen LogP contribution in [0.15, 0.2) is 24.3 Å². The highest BCUT2D eigenvalue weighted by Crippen LogP contribution is 2.09. The van der Waals surface area contributed by atoms with Crippen LogP contribution in [0.4, 0.5) is 0 Å². The van der Waals surface area contributed by atoms with Crippen molar-refractivity contribution in [3.05, 3.63) is 34.9 Å². The maximum atomic E-state index is 12.0. The van der Waals surface area contributed by atoms with Crippen molar-refractivity contribution in [2.45, 2.75) is 33.4 Å². The van der Waals surface area contributed by atoms with Gasteiger partial charge in [0.05, 0.1) is 0 Å². The van der Waals surface area contributed by atoms with Gasteiger partial charge in [-0.1, -0.05) is 37.6 Å². The van der Waals surface area contributed by atoms with Gasteiger partial charge in [-0.3, -0.25) is 9.59 Å². The minimum atomic E-state index is -0.509. The number of halogens is 1. The van der Waals surface area contributed by atoms with E-state index in [1.54, 1.807) is 12.1 Å². The van der Waals surface area contributed by atoms with Gasteiger partial charge in [0.25, 0.3) is 0 Å². The molecule has 1 aromatic rings. The lowest BCUT2D eigenvalue weighted by atomic mass is 10.0. The summed E-state index contributed by atoms with van der Waals surface area (Å²) in [4.78, 5) is 23.1. The van der Waals surface area contributed by atoms with Crippen LogP contribution < -0.4 is 10.6 Å². The van der Waals surface area contributed by atoms with E-state index in [1.807, 2.05) is 26.0 Å². The third kappa shape index (κ3) is 5.30. The fourth-order valence-corrected chi connectivity index (χ4v) is 1.78. The first-order chi connectivity index (χ1) is 8.90. The van der Waals surface area contributed by atoms with E-state index in [1.165, 1.54) is 6.92 Å². The van der Waals surface area contributed by atoms with E-state index in [9.17, 15) is 9.59 Å². The van der Waals surface area contributed by atoms with Gasteiger partial charge >= 0.3 is 0 Å². The van der Waals surface area contributed by atoms with Crippen LogP contribution >= 0.6 is 11.6 Å². The van der Waals surface area contributed by atoms with Gasteiger partial charge in [0.2, 0.25) is 11.8 Å². The lowest BCUT2D eigenvalue weighted by Gasteiger charge is -2.20. The Kier molecular flexibility index (Phi) is 5.83. The van der Waals surface area contributed by atoms with Gasteiger partial charge < -0.3 is 10.6 Å². The lowest BCUT2D eigenvalue weighted by Crippen LogP contribution is -2.48. The summed E-state index contributed by atoms with van der Waals surface area (Å²) >= 11 is 5.79. The predicted molar refractivity (Wildman–Crippen MR) is 75.7 cm³/mol. The van der Waals surface area contributed by atoms with Crippen molar-refractivity contribution in [2.75, 3.05) is 0 Å². The lowest BCUT2D eigenvalue weighted by molar-refractivity contribution is -0.129. The molecule has 0 saturated carbocycles. The van der Waals surface area contributed by atoms with Crippen molar-refractivity contribution in [2.24, 2.45) is 5.92 Å². The Morgan fingerprint density at radius 2 is 1.79 bits per heavy atom. The van der Waals surface area contributed by atoms with E-state index in [0.29, 0.717) is 11.6 Å². The Labute approximate surface area is 118 Å². The Balaban J connectivity index is 2.57. The molecule has 0 aromatic heterocycles. The van der Waals surface area contributed by atoms with E-state index in [4.69, 9.17) is 11.6 Å². The molecule has 1 atom stereocenters. The topological polar surface area (TPSA) is 58.2 Å². The maximum Gasteiger partial charge on any atom is 0.243 e. The molecular weight excluding hydrogens is 264 g/mol. The molecule has 0 aliphatic heterocycles. The summed E-state index contributed by atoms with van der Waals surface area (Å²) in [6, 6.07) is 6.74. The average Bonchev–Trinajstić information content (AvgIpc) is 2.34. The van der Waals surface area contributed by atoms with Crippen LogP contribution in [0.3, 0.4) is 0 Å². The van der Waals surface area contributed by atoms with Gasteiger partial charge in [-0.25, -0.2) is 0 Å². The second-order valence-corrected chi connectivity index (χ2v) is 5.20. The van der Waals surface area contributed by atoms with E-state index in [2.05, 4.69) is 10.6 Å². The SMILES string of the molecule is CC(=O)NC(C(=O)NCc1ccc(Cl)cc1)C(C)C. The Bertz CT molecular complexity index is 443. The van der Waals surface area contributed by atoms with Crippen molar-refractivity contribution in [1.29, 1.82) is 0 Å². The summed E-state index contributed by atoms with van der Waals surface area (Å²) in [7, 11) is 0. The molecule has 19 heavy (non-hydrogen) atoms. The van der Waals surface area contributed by atoms with Crippen LogP contribution in [0.1, 0.15) is 26.3 Å². The number of rotatable bonds is 5. The molecule has 0 fully saturated rings. The molecule has 104 valence electrons. The molecule has 5 heteroatoms. The van der Waals surface area contributed by atoms with Gasteiger partial charge in [-0.2, -0.15) is 0 Å².